The Morgan fingerprint density at radius 3 is 2.58 bits per heavy atom. The number of rotatable bonds is 8. The summed E-state index contributed by atoms with van der Waals surface area (Å²) >= 11 is 0. The fourth-order valence-electron chi connectivity index (χ4n) is 2.29. The Morgan fingerprint density at radius 2 is 2.05 bits per heavy atom. The Balaban J connectivity index is 2.63. The van der Waals surface area contributed by atoms with Crippen LogP contribution in [0.5, 0.6) is 0 Å². The van der Waals surface area contributed by atoms with Gasteiger partial charge in [0.1, 0.15) is 0 Å². The molecule has 0 fully saturated rings. The van der Waals surface area contributed by atoms with Crippen LogP contribution in [0.4, 0.5) is 0 Å². The van der Waals surface area contributed by atoms with Gasteiger partial charge in [0.25, 0.3) is 0 Å². The van der Waals surface area contributed by atoms with E-state index in [1.54, 1.807) is 0 Å². The Labute approximate surface area is 117 Å². The molecule has 1 atom stereocenters. The van der Waals surface area contributed by atoms with Crippen LogP contribution in [0.25, 0.3) is 0 Å². The van der Waals surface area contributed by atoms with Crippen molar-refractivity contribution in [1.29, 1.82) is 5.26 Å². The highest BCUT2D eigenvalue weighted by molar-refractivity contribution is 5.00. The molecule has 0 spiro atoms. The first-order valence-corrected chi connectivity index (χ1v) is 7.30. The van der Waals surface area contributed by atoms with Crippen molar-refractivity contribution in [2.75, 3.05) is 13.1 Å². The molecule has 1 aromatic rings. The van der Waals surface area contributed by atoms with Crippen molar-refractivity contribution in [1.82, 2.24) is 14.7 Å². The Bertz CT molecular complexity index is 401. The zero-order chi connectivity index (χ0) is 14.3. The summed E-state index contributed by atoms with van der Waals surface area (Å²) in [5.41, 5.74) is 1.10. The fraction of sp³-hybridized carbons (Fsp3) is 0.733. The van der Waals surface area contributed by atoms with Crippen molar-refractivity contribution >= 4 is 0 Å². The van der Waals surface area contributed by atoms with Crippen LogP contribution in [0.15, 0.2) is 12.3 Å². The van der Waals surface area contributed by atoms with Crippen molar-refractivity contribution in [3.05, 3.63) is 18.0 Å². The van der Waals surface area contributed by atoms with Gasteiger partial charge in [-0.3, -0.25) is 9.58 Å². The Kier molecular flexibility index (Phi) is 6.58. The minimum Gasteiger partial charge on any atom is -0.296 e. The molecule has 0 bridgehead atoms. The van der Waals surface area contributed by atoms with Crippen molar-refractivity contribution in [2.24, 2.45) is 5.92 Å². The largest absolute Gasteiger partial charge is 0.296 e. The van der Waals surface area contributed by atoms with E-state index >= 15 is 0 Å². The van der Waals surface area contributed by atoms with Gasteiger partial charge in [-0.05, 0) is 32.4 Å². The SMILES string of the molecule is CCC(CC)n1ccc(CN(CC)CC(C)C#N)n1. The zero-order valence-electron chi connectivity index (χ0n) is 12.6. The zero-order valence-corrected chi connectivity index (χ0v) is 12.6. The van der Waals surface area contributed by atoms with Crippen molar-refractivity contribution in [2.45, 2.75) is 53.1 Å². The average molecular weight is 262 g/mol. The third-order valence-corrected chi connectivity index (χ3v) is 3.57. The second-order valence-corrected chi connectivity index (χ2v) is 5.12. The molecule has 0 N–H and O–H groups in total. The van der Waals surface area contributed by atoms with E-state index in [9.17, 15) is 0 Å². The summed E-state index contributed by atoms with van der Waals surface area (Å²) in [5, 5.41) is 13.6. The van der Waals surface area contributed by atoms with E-state index in [0.29, 0.717) is 6.04 Å². The molecule has 0 aliphatic heterocycles. The van der Waals surface area contributed by atoms with Gasteiger partial charge < -0.3 is 0 Å². The molecule has 1 aromatic heterocycles. The van der Waals surface area contributed by atoms with Crippen molar-refractivity contribution in [3.63, 3.8) is 0 Å². The minimum absolute atomic E-state index is 0.0704. The molecule has 0 aliphatic rings. The first-order valence-electron chi connectivity index (χ1n) is 7.30. The van der Waals surface area contributed by atoms with Gasteiger partial charge in [-0.25, -0.2) is 0 Å². The third kappa shape index (κ3) is 4.68. The summed E-state index contributed by atoms with van der Waals surface area (Å²) in [4.78, 5) is 2.27. The predicted octanol–water partition coefficient (Wildman–Crippen LogP) is 3.23. The molecular weight excluding hydrogens is 236 g/mol. The molecule has 4 heteroatoms. The van der Waals surface area contributed by atoms with E-state index in [1.807, 2.05) is 6.92 Å². The van der Waals surface area contributed by atoms with Gasteiger partial charge in [0.15, 0.2) is 0 Å². The molecule has 1 heterocycles. The number of nitriles is 1. The summed E-state index contributed by atoms with van der Waals surface area (Å²) in [5.74, 6) is 0.0704. The van der Waals surface area contributed by atoms with Gasteiger partial charge in [0, 0.05) is 19.3 Å². The standard InChI is InChI=1S/C15H26N4/c1-5-15(6-2)19-9-8-14(17-19)12-18(7-3)11-13(4)10-16/h8-9,13,15H,5-7,11-12H2,1-4H3. The lowest BCUT2D eigenvalue weighted by Gasteiger charge is -2.20. The molecular formula is C15H26N4. The summed E-state index contributed by atoms with van der Waals surface area (Å²) < 4.78 is 2.08. The third-order valence-electron chi connectivity index (χ3n) is 3.57. The summed E-state index contributed by atoms with van der Waals surface area (Å²) in [6.45, 7) is 11.1. The lowest BCUT2D eigenvalue weighted by Crippen LogP contribution is -2.27. The van der Waals surface area contributed by atoms with Gasteiger partial charge in [0.2, 0.25) is 0 Å². The highest BCUT2D eigenvalue weighted by Gasteiger charge is 2.12. The van der Waals surface area contributed by atoms with Gasteiger partial charge >= 0.3 is 0 Å². The maximum atomic E-state index is 8.89. The van der Waals surface area contributed by atoms with Crippen molar-refractivity contribution in [3.8, 4) is 6.07 Å². The smallest absolute Gasteiger partial charge is 0.0764 e. The first kappa shape index (κ1) is 15.7. The van der Waals surface area contributed by atoms with Crippen LogP contribution >= 0.6 is 0 Å². The Morgan fingerprint density at radius 1 is 1.37 bits per heavy atom. The summed E-state index contributed by atoms with van der Waals surface area (Å²) in [6.07, 6.45) is 4.30. The second kappa shape index (κ2) is 7.96. The molecule has 1 rings (SSSR count). The van der Waals surface area contributed by atoms with E-state index in [2.05, 4.69) is 53.8 Å². The number of aromatic nitrogens is 2. The number of hydrogen-bond donors (Lipinski definition) is 0. The summed E-state index contributed by atoms with van der Waals surface area (Å²) in [7, 11) is 0. The van der Waals surface area contributed by atoms with Crippen LogP contribution in [0.2, 0.25) is 0 Å². The van der Waals surface area contributed by atoms with Gasteiger partial charge in [0.05, 0.1) is 23.7 Å². The van der Waals surface area contributed by atoms with Crippen LogP contribution in [0.3, 0.4) is 0 Å². The van der Waals surface area contributed by atoms with Crippen molar-refractivity contribution < 1.29 is 0 Å². The van der Waals surface area contributed by atoms with Crippen LogP contribution in [0.1, 0.15) is 52.3 Å². The quantitative estimate of drug-likeness (QED) is 0.722. The highest BCUT2D eigenvalue weighted by Crippen LogP contribution is 2.15. The maximum absolute atomic E-state index is 8.89. The Hall–Kier alpha value is -1.34. The van der Waals surface area contributed by atoms with Crippen LogP contribution in [-0.2, 0) is 6.54 Å². The van der Waals surface area contributed by atoms with Gasteiger partial charge in [-0.15, -0.1) is 0 Å². The monoisotopic (exact) mass is 262 g/mol. The normalized spacial score (nSPS) is 12.9. The average Bonchev–Trinajstić information content (AvgIpc) is 2.87. The van der Waals surface area contributed by atoms with Gasteiger partial charge in [-0.1, -0.05) is 20.8 Å². The van der Waals surface area contributed by atoms with E-state index in [4.69, 9.17) is 5.26 Å². The van der Waals surface area contributed by atoms with Crippen LogP contribution < -0.4 is 0 Å². The predicted molar refractivity (Wildman–Crippen MR) is 77.6 cm³/mol. The van der Waals surface area contributed by atoms with E-state index < -0.39 is 0 Å². The first-order chi connectivity index (χ1) is 9.14. The fourth-order valence-corrected chi connectivity index (χ4v) is 2.29. The molecule has 1 unspecified atom stereocenters. The lowest BCUT2D eigenvalue weighted by atomic mass is 10.2. The van der Waals surface area contributed by atoms with E-state index in [-0.39, 0.29) is 5.92 Å². The topological polar surface area (TPSA) is 44.9 Å². The lowest BCUT2D eigenvalue weighted by molar-refractivity contribution is 0.255. The molecule has 0 saturated carbocycles. The van der Waals surface area contributed by atoms with Gasteiger partial charge in [-0.2, -0.15) is 10.4 Å². The number of nitrogens with zero attached hydrogens (tertiary/aromatic N) is 4. The van der Waals surface area contributed by atoms with E-state index in [0.717, 1.165) is 38.2 Å². The second-order valence-electron chi connectivity index (χ2n) is 5.12. The molecule has 0 radical (unpaired) electrons. The summed E-state index contributed by atoms with van der Waals surface area (Å²) in [6, 6.07) is 4.89. The molecule has 0 saturated heterocycles. The molecule has 19 heavy (non-hydrogen) atoms. The van der Waals surface area contributed by atoms with Crippen LogP contribution in [-0.4, -0.2) is 27.8 Å². The molecule has 4 nitrogen and oxygen atoms in total. The van der Waals surface area contributed by atoms with Crippen LogP contribution in [0, 0.1) is 17.2 Å². The molecule has 106 valence electrons. The molecule has 0 aliphatic carbocycles. The minimum atomic E-state index is 0.0704. The molecule has 0 aromatic carbocycles. The maximum Gasteiger partial charge on any atom is 0.0764 e. The number of hydrogen-bond acceptors (Lipinski definition) is 3. The molecule has 0 amide bonds. The van der Waals surface area contributed by atoms with E-state index in [1.165, 1.54) is 0 Å². The highest BCUT2D eigenvalue weighted by atomic mass is 15.3.